The maximum atomic E-state index is 13.2. The molecular formula is C22H21N2O2+. The van der Waals surface area contributed by atoms with Crippen molar-refractivity contribution in [3.05, 3.63) is 94.7 Å². The van der Waals surface area contributed by atoms with Crippen LogP contribution in [0.5, 0.6) is 0 Å². The first kappa shape index (κ1) is 17.5. The molecule has 4 nitrogen and oxygen atoms in total. The van der Waals surface area contributed by atoms with Crippen molar-refractivity contribution >= 4 is 17.6 Å². The van der Waals surface area contributed by atoms with Crippen LogP contribution in [0, 0.1) is 20.8 Å². The molecule has 4 heteroatoms. The number of aryl methyl sites for hydroxylation is 3. The number of nitrogens with one attached hydrogen (secondary N) is 1. The van der Waals surface area contributed by atoms with E-state index in [9.17, 15) is 9.59 Å². The molecule has 26 heavy (non-hydrogen) atoms. The molecule has 0 radical (unpaired) electrons. The van der Waals surface area contributed by atoms with Gasteiger partial charge in [0.25, 0.3) is 5.82 Å². The maximum Gasteiger partial charge on any atom is 0.349 e. The van der Waals surface area contributed by atoms with Gasteiger partial charge < -0.3 is 0 Å². The highest BCUT2D eigenvalue weighted by molar-refractivity contribution is 6.25. The van der Waals surface area contributed by atoms with Crippen LogP contribution in [0.3, 0.4) is 0 Å². The summed E-state index contributed by atoms with van der Waals surface area (Å²) in [5.74, 6) is -0.234. The van der Waals surface area contributed by atoms with Crippen molar-refractivity contribution in [1.82, 2.24) is 0 Å². The van der Waals surface area contributed by atoms with E-state index in [1.54, 1.807) is 30.5 Å². The number of amides is 2. The van der Waals surface area contributed by atoms with Crippen molar-refractivity contribution in [2.24, 2.45) is 0 Å². The molecule has 130 valence electrons. The van der Waals surface area contributed by atoms with E-state index < -0.39 is 0 Å². The molecule has 1 heterocycles. The van der Waals surface area contributed by atoms with Crippen LogP contribution in [0.1, 0.15) is 37.4 Å². The second-order valence-electron chi connectivity index (χ2n) is 6.39. The Hall–Kier alpha value is -3.27. The third kappa shape index (κ3) is 3.54. The minimum absolute atomic E-state index is 0.356. The lowest BCUT2D eigenvalue weighted by molar-refractivity contribution is -0.363. The highest BCUT2D eigenvalue weighted by atomic mass is 16.2. The van der Waals surface area contributed by atoms with Gasteiger partial charge in [0.05, 0.1) is 17.3 Å². The molecule has 0 atom stereocenters. The zero-order chi connectivity index (χ0) is 18.7. The summed E-state index contributed by atoms with van der Waals surface area (Å²) >= 11 is 0. The lowest BCUT2D eigenvalue weighted by atomic mass is 10.1. The van der Waals surface area contributed by atoms with E-state index in [4.69, 9.17) is 0 Å². The van der Waals surface area contributed by atoms with Gasteiger partial charge in [0.15, 0.2) is 0 Å². The Bertz CT molecular complexity index is 922. The van der Waals surface area contributed by atoms with Gasteiger partial charge in [0.1, 0.15) is 0 Å². The molecule has 0 aliphatic heterocycles. The van der Waals surface area contributed by atoms with Crippen molar-refractivity contribution in [3.63, 3.8) is 0 Å². The van der Waals surface area contributed by atoms with Crippen molar-refractivity contribution in [2.45, 2.75) is 20.8 Å². The summed E-state index contributed by atoms with van der Waals surface area (Å²) in [6, 6.07) is 18.2. The van der Waals surface area contributed by atoms with Gasteiger partial charge in [0.2, 0.25) is 0 Å². The van der Waals surface area contributed by atoms with Crippen molar-refractivity contribution in [1.29, 1.82) is 0 Å². The molecule has 0 saturated carbocycles. The lowest BCUT2D eigenvalue weighted by Gasteiger charge is -2.15. The van der Waals surface area contributed by atoms with Crippen LogP contribution in [0.25, 0.3) is 0 Å². The van der Waals surface area contributed by atoms with Crippen LogP contribution in [0.15, 0.2) is 66.9 Å². The first-order valence-electron chi connectivity index (χ1n) is 8.47. The first-order chi connectivity index (χ1) is 12.5. The molecule has 2 aromatic carbocycles. The van der Waals surface area contributed by atoms with E-state index in [-0.39, 0.29) is 11.8 Å². The Balaban J connectivity index is 2.12. The fraction of sp³-hybridized carbons (Fsp3) is 0.136. The molecule has 0 unspecified atom stereocenters. The van der Waals surface area contributed by atoms with E-state index in [0.29, 0.717) is 16.9 Å². The number of benzene rings is 2. The zero-order valence-corrected chi connectivity index (χ0v) is 15.1. The number of aromatic amines is 1. The summed E-state index contributed by atoms with van der Waals surface area (Å²) in [6.45, 7) is 5.71. The van der Waals surface area contributed by atoms with Crippen LogP contribution in [-0.4, -0.2) is 11.8 Å². The molecule has 0 fully saturated rings. The van der Waals surface area contributed by atoms with Crippen molar-refractivity contribution in [2.75, 3.05) is 4.90 Å². The van der Waals surface area contributed by atoms with Gasteiger partial charge in [-0.05, 0) is 57.2 Å². The summed E-state index contributed by atoms with van der Waals surface area (Å²) in [5.41, 5.74) is 3.69. The number of anilines is 1. The van der Waals surface area contributed by atoms with Gasteiger partial charge in [-0.15, -0.1) is 4.90 Å². The average Bonchev–Trinajstić information content (AvgIpc) is 2.63. The molecule has 3 rings (SSSR count). The number of carbonyl (C=O) groups is 2. The number of H-pyrrole nitrogens is 1. The second kappa shape index (κ2) is 7.31. The largest absolute Gasteiger partial charge is 0.349 e. The number of hydrogen-bond acceptors (Lipinski definition) is 2. The molecule has 2 amide bonds. The Morgan fingerprint density at radius 1 is 0.769 bits per heavy atom. The zero-order valence-electron chi connectivity index (χ0n) is 15.1. The highest BCUT2D eigenvalue weighted by Gasteiger charge is 2.35. The van der Waals surface area contributed by atoms with Crippen LogP contribution in [-0.2, 0) is 0 Å². The second-order valence-corrected chi connectivity index (χ2v) is 6.39. The SMILES string of the molecule is Cc1cccc(C(=O)N(C(=O)c2cccc(C)c2)c2[nH+]cccc2C)c1. The number of aromatic nitrogens is 1. The smallest absolute Gasteiger partial charge is 0.247 e. The van der Waals surface area contributed by atoms with E-state index in [2.05, 4.69) is 4.98 Å². The van der Waals surface area contributed by atoms with Crippen LogP contribution in [0.2, 0.25) is 0 Å². The van der Waals surface area contributed by atoms with Gasteiger partial charge in [-0.1, -0.05) is 35.4 Å². The summed E-state index contributed by atoms with van der Waals surface area (Å²) in [4.78, 5) is 30.7. The Morgan fingerprint density at radius 3 is 1.77 bits per heavy atom. The fourth-order valence-electron chi connectivity index (χ4n) is 2.86. The van der Waals surface area contributed by atoms with Gasteiger partial charge in [-0.3, -0.25) is 0 Å². The normalized spacial score (nSPS) is 10.4. The number of nitrogens with zero attached hydrogens (tertiary/aromatic N) is 1. The minimum Gasteiger partial charge on any atom is -0.247 e. The van der Waals surface area contributed by atoms with E-state index in [1.807, 2.05) is 57.2 Å². The maximum absolute atomic E-state index is 13.2. The Labute approximate surface area is 153 Å². The fourth-order valence-corrected chi connectivity index (χ4v) is 2.86. The van der Waals surface area contributed by atoms with E-state index >= 15 is 0 Å². The monoisotopic (exact) mass is 345 g/mol. The predicted molar refractivity (Wildman–Crippen MR) is 101 cm³/mol. The number of rotatable bonds is 3. The highest BCUT2D eigenvalue weighted by Crippen LogP contribution is 2.20. The summed E-state index contributed by atoms with van der Waals surface area (Å²) in [7, 11) is 0. The number of hydrogen-bond donors (Lipinski definition) is 0. The summed E-state index contributed by atoms with van der Waals surface area (Å²) in [5, 5.41) is 0. The molecule has 0 aliphatic rings. The average molecular weight is 345 g/mol. The van der Waals surface area contributed by atoms with Gasteiger partial charge in [-0.2, -0.15) is 0 Å². The number of pyridine rings is 1. The molecule has 1 aromatic heterocycles. The minimum atomic E-state index is -0.356. The molecule has 0 aliphatic carbocycles. The summed E-state index contributed by atoms with van der Waals surface area (Å²) in [6.07, 6.45) is 1.71. The van der Waals surface area contributed by atoms with Crippen LogP contribution in [0.4, 0.5) is 5.82 Å². The van der Waals surface area contributed by atoms with Crippen molar-refractivity contribution in [3.8, 4) is 0 Å². The molecule has 0 spiro atoms. The number of carbonyl (C=O) groups excluding carboxylic acids is 2. The molecule has 0 saturated heterocycles. The molecule has 3 aromatic rings. The van der Waals surface area contributed by atoms with Gasteiger partial charge >= 0.3 is 11.8 Å². The Kier molecular flexibility index (Phi) is 4.94. The van der Waals surface area contributed by atoms with Crippen molar-refractivity contribution < 1.29 is 14.6 Å². The summed E-state index contributed by atoms with van der Waals surface area (Å²) < 4.78 is 0. The molecule has 0 bridgehead atoms. The quantitative estimate of drug-likeness (QED) is 0.676. The van der Waals surface area contributed by atoms with Gasteiger partial charge in [-0.25, -0.2) is 14.6 Å². The third-order valence-electron chi connectivity index (χ3n) is 4.20. The molecular weight excluding hydrogens is 324 g/mol. The first-order valence-corrected chi connectivity index (χ1v) is 8.47. The topological polar surface area (TPSA) is 51.5 Å². The van der Waals surface area contributed by atoms with Crippen LogP contribution < -0.4 is 9.88 Å². The van der Waals surface area contributed by atoms with E-state index in [0.717, 1.165) is 16.7 Å². The Morgan fingerprint density at radius 2 is 1.31 bits per heavy atom. The third-order valence-corrected chi connectivity index (χ3v) is 4.20. The van der Waals surface area contributed by atoms with E-state index in [1.165, 1.54) is 4.90 Å². The predicted octanol–water partition coefficient (Wildman–Crippen LogP) is 3.91. The lowest BCUT2D eigenvalue weighted by Crippen LogP contribution is -2.41. The van der Waals surface area contributed by atoms with Gasteiger partial charge in [0, 0.05) is 5.56 Å². The number of imide groups is 1. The standard InChI is InChI=1S/C22H20N2O2/c1-15-7-4-10-18(13-15)21(25)24(20-17(3)9-6-12-23-20)22(26)19-11-5-8-16(2)14-19/h4-14H,1-3H3/p+1. The van der Waals surface area contributed by atoms with Crippen LogP contribution >= 0.6 is 0 Å². The molecule has 1 N–H and O–H groups in total.